The fourth-order valence-corrected chi connectivity index (χ4v) is 2.92. The number of hydrogen-bond donors (Lipinski definition) is 2. The maximum Gasteiger partial charge on any atom is 0.407 e. The molecule has 3 unspecified atom stereocenters. The van der Waals surface area contributed by atoms with E-state index in [1.54, 1.807) is 7.11 Å². The molecular formula is C16H32N2O4. The van der Waals surface area contributed by atoms with Crippen LogP contribution < -0.4 is 5.32 Å². The predicted molar refractivity (Wildman–Crippen MR) is 85.9 cm³/mol. The number of alkyl carbamates (subject to hydrolysis) is 1. The third-order valence-electron chi connectivity index (χ3n) is 3.95. The number of likely N-dealkylation sites (N-methyl/N-ethyl adjacent to an activating group) is 1. The van der Waals surface area contributed by atoms with E-state index in [0.29, 0.717) is 19.4 Å². The van der Waals surface area contributed by atoms with Gasteiger partial charge in [-0.05, 0) is 46.6 Å². The van der Waals surface area contributed by atoms with E-state index >= 15 is 0 Å². The van der Waals surface area contributed by atoms with Crippen LogP contribution in [0.5, 0.6) is 0 Å². The van der Waals surface area contributed by atoms with E-state index in [1.807, 2.05) is 20.8 Å². The molecule has 0 heterocycles. The number of ether oxygens (including phenoxy) is 2. The minimum absolute atomic E-state index is 0.00458. The lowest BCUT2D eigenvalue weighted by Crippen LogP contribution is -2.56. The van der Waals surface area contributed by atoms with Crippen molar-refractivity contribution in [3.05, 3.63) is 0 Å². The van der Waals surface area contributed by atoms with Crippen molar-refractivity contribution in [3.8, 4) is 0 Å². The smallest absolute Gasteiger partial charge is 0.407 e. The molecule has 0 radical (unpaired) electrons. The summed E-state index contributed by atoms with van der Waals surface area (Å²) >= 11 is 0. The molecule has 0 bridgehead atoms. The Hall–Kier alpha value is -0.850. The zero-order valence-corrected chi connectivity index (χ0v) is 14.6. The van der Waals surface area contributed by atoms with Crippen LogP contribution in [0, 0.1) is 0 Å². The number of methoxy groups -OCH3 is 1. The minimum Gasteiger partial charge on any atom is -0.444 e. The lowest BCUT2D eigenvalue weighted by Gasteiger charge is -2.41. The summed E-state index contributed by atoms with van der Waals surface area (Å²) < 4.78 is 10.5. The van der Waals surface area contributed by atoms with Crippen LogP contribution in [0.3, 0.4) is 0 Å². The maximum atomic E-state index is 12.0. The Balaban J connectivity index is 2.69. The highest BCUT2D eigenvalue weighted by Gasteiger charge is 2.34. The first-order valence-corrected chi connectivity index (χ1v) is 8.17. The molecular weight excluding hydrogens is 284 g/mol. The summed E-state index contributed by atoms with van der Waals surface area (Å²) in [6.45, 7) is 9.92. The van der Waals surface area contributed by atoms with Gasteiger partial charge in [-0.1, -0.05) is 6.92 Å². The second kappa shape index (κ2) is 8.70. The standard InChI is InChI=1S/C16H32N2O4/c1-6-18(9-10-21-5)14-11-12(19)7-8-13(14)17-15(20)22-16(2,3)4/h12-14,19H,6-11H2,1-5H3,(H,17,20). The van der Waals surface area contributed by atoms with Crippen molar-refractivity contribution in [2.75, 3.05) is 26.8 Å². The van der Waals surface area contributed by atoms with Crippen molar-refractivity contribution in [3.63, 3.8) is 0 Å². The Morgan fingerprint density at radius 2 is 2.05 bits per heavy atom. The molecule has 1 saturated carbocycles. The number of nitrogens with one attached hydrogen (secondary N) is 1. The molecule has 6 nitrogen and oxygen atoms in total. The molecule has 0 aromatic rings. The van der Waals surface area contributed by atoms with Crippen LogP contribution in [0.2, 0.25) is 0 Å². The quantitative estimate of drug-likeness (QED) is 0.781. The lowest BCUT2D eigenvalue weighted by atomic mass is 9.87. The van der Waals surface area contributed by atoms with Crippen LogP contribution in [-0.2, 0) is 9.47 Å². The van der Waals surface area contributed by atoms with E-state index in [1.165, 1.54) is 0 Å². The van der Waals surface area contributed by atoms with Crippen LogP contribution >= 0.6 is 0 Å². The molecule has 1 amide bonds. The van der Waals surface area contributed by atoms with Gasteiger partial charge in [0.1, 0.15) is 5.60 Å². The summed E-state index contributed by atoms with van der Waals surface area (Å²) in [4.78, 5) is 14.3. The van der Waals surface area contributed by atoms with Crippen molar-refractivity contribution in [2.45, 2.75) is 70.7 Å². The average Bonchev–Trinajstić information content (AvgIpc) is 2.40. The first-order chi connectivity index (χ1) is 10.3. The molecule has 0 spiro atoms. The van der Waals surface area contributed by atoms with Gasteiger partial charge in [0.15, 0.2) is 0 Å². The third kappa shape index (κ3) is 6.50. The van der Waals surface area contributed by atoms with Gasteiger partial charge in [-0.3, -0.25) is 4.90 Å². The van der Waals surface area contributed by atoms with Gasteiger partial charge in [0.2, 0.25) is 0 Å². The zero-order valence-electron chi connectivity index (χ0n) is 14.6. The molecule has 2 N–H and O–H groups in total. The average molecular weight is 316 g/mol. The molecule has 6 heteroatoms. The number of carbonyl (C=O) groups is 1. The van der Waals surface area contributed by atoms with Crippen molar-refractivity contribution < 1.29 is 19.4 Å². The van der Waals surface area contributed by atoms with E-state index in [4.69, 9.17) is 9.47 Å². The fraction of sp³-hybridized carbons (Fsp3) is 0.938. The molecule has 0 aliphatic heterocycles. The first-order valence-electron chi connectivity index (χ1n) is 8.17. The zero-order chi connectivity index (χ0) is 16.8. The number of aliphatic hydroxyl groups is 1. The Kier molecular flexibility index (Phi) is 7.59. The minimum atomic E-state index is -0.506. The number of rotatable bonds is 6. The Bertz CT molecular complexity index is 344. The van der Waals surface area contributed by atoms with E-state index in [2.05, 4.69) is 17.1 Å². The van der Waals surface area contributed by atoms with E-state index in [0.717, 1.165) is 19.5 Å². The number of aliphatic hydroxyl groups excluding tert-OH is 1. The van der Waals surface area contributed by atoms with Gasteiger partial charge in [0, 0.05) is 25.7 Å². The highest BCUT2D eigenvalue weighted by atomic mass is 16.6. The molecule has 0 saturated heterocycles. The van der Waals surface area contributed by atoms with Gasteiger partial charge in [0.25, 0.3) is 0 Å². The second-order valence-electron chi connectivity index (χ2n) is 6.91. The van der Waals surface area contributed by atoms with E-state index in [-0.39, 0.29) is 24.3 Å². The van der Waals surface area contributed by atoms with Gasteiger partial charge in [-0.25, -0.2) is 4.79 Å². The predicted octanol–water partition coefficient (Wildman–Crippen LogP) is 1.76. The van der Waals surface area contributed by atoms with Crippen LogP contribution in [0.25, 0.3) is 0 Å². The molecule has 0 aromatic carbocycles. The summed E-state index contributed by atoms with van der Waals surface area (Å²) in [7, 11) is 1.68. The van der Waals surface area contributed by atoms with Gasteiger partial charge in [-0.2, -0.15) is 0 Å². The summed E-state index contributed by atoms with van der Waals surface area (Å²) in [6, 6.07) is 0.103. The number of carbonyl (C=O) groups excluding carboxylic acids is 1. The van der Waals surface area contributed by atoms with Crippen LogP contribution in [0.4, 0.5) is 4.79 Å². The molecule has 1 aliphatic carbocycles. The molecule has 1 rings (SSSR count). The van der Waals surface area contributed by atoms with Gasteiger partial charge < -0.3 is 19.9 Å². The van der Waals surface area contributed by atoms with Crippen molar-refractivity contribution in [1.82, 2.24) is 10.2 Å². The van der Waals surface area contributed by atoms with Gasteiger partial charge in [-0.15, -0.1) is 0 Å². The highest BCUT2D eigenvalue weighted by molar-refractivity contribution is 5.68. The van der Waals surface area contributed by atoms with Gasteiger partial charge >= 0.3 is 6.09 Å². The highest BCUT2D eigenvalue weighted by Crippen LogP contribution is 2.24. The summed E-state index contributed by atoms with van der Waals surface area (Å²) in [5, 5.41) is 13.0. The van der Waals surface area contributed by atoms with Crippen LogP contribution in [0.1, 0.15) is 47.0 Å². The maximum absolute atomic E-state index is 12.0. The molecule has 3 atom stereocenters. The summed E-state index contributed by atoms with van der Waals surface area (Å²) in [6.07, 6.45) is 1.44. The third-order valence-corrected chi connectivity index (χ3v) is 3.95. The lowest BCUT2D eigenvalue weighted by molar-refractivity contribution is 0.0181. The molecule has 1 aliphatic rings. The number of nitrogens with zero attached hydrogens (tertiary/aromatic N) is 1. The number of amides is 1. The van der Waals surface area contributed by atoms with Crippen LogP contribution in [-0.4, -0.2) is 66.7 Å². The van der Waals surface area contributed by atoms with E-state index < -0.39 is 5.60 Å². The normalized spacial score (nSPS) is 26.0. The largest absolute Gasteiger partial charge is 0.444 e. The second-order valence-corrected chi connectivity index (χ2v) is 6.91. The Morgan fingerprint density at radius 3 is 2.59 bits per heavy atom. The summed E-state index contributed by atoms with van der Waals surface area (Å²) in [5.41, 5.74) is -0.506. The van der Waals surface area contributed by atoms with Crippen molar-refractivity contribution >= 4 is 6.09 Å². The molecule has 130 valence electrons. The fourth-order valence-electron chi connectivity index (χ4n) is 2.92. The Morgan fingerprint density at radius 1 is 1.36 bits per heavy atom. The Labute approximate surface area is 134 Å². The SMILES string of the molecule is CCN(CCOC)C1CC(O)CCC1NC(=O)OC(C)(C)C. The summed E-state index contributed by atoms with van der Waals surface area (Å²) in [5.74, 6) is 0. The first kappa shape index (κ1) is 19.2. The monoisotopic (exact) mass is 316 g/mol. The van der Waals surface area contributed by atoms with E-state index in [9.17, 15) is 9.90 Å². The van der Waals surface area contributed by atoms with Gasteiger partial charge in [0.05, 0.1) is 12.7 Å². The molecule has 0 aromatic heterocycles. The molecule has 1 fully saturated rings. The topological polar surface area (TPSA) is 71.0 Å². The molecule has 22 heavy (non-hydrogen) atoms. The van der Waals surface area contributed by atoms with Crippen molar-refractivity contribution in [2.24, 2.45) is 0 Å². The van der Waals surface area contributed by atoms with Crippen LogP contribution in [0.15, 0.2) is 0 Å². The van der Waals surface area contributed by atoms with Crippen molar-refractivity contribution in [1.29, 1.82) is 0 Å². The number of hydrogen-bond acceptors (Lipinski definition) is 5.